The summed E-state index contributed by atoms with van der Waals surface area (Å²) in [6, 6.07) is 10.7. The summed E-state index contributed by atoms with van der Waals surface area (Å²) < 4.78 is 7.01. The highest BCUT2D eigenvalue weighted by atomic mass is 32.1. The normalized spacial score (nSPS) is 11.5. The number of nitrogens with zero attached hydrogens (tertiary/aromatic N) is 2. The number of hydrogen-bond acceptors (Lipinski definition) is 4. The van der Waals surface area contributed by atoms with Crippen molar-refractivity contribution in [3.8, 4) is 0 Å². The number of furan rings is 1. The molecule has 3 rings (SSSR count). The lowest BCUT2D eigenvalue weighted by atomic mass is 10.1. The second kappa shape index (κ2) is 7.97. The Kier molecular flexibility index (Phi) is 5.48. The van der Waals surface area contributed by atoms with Crippen LogP contribution < -0.4 is 10.1 Å². The number of carbonyl (C=O) groups is 2. The van der Waals surface area contributed by atoms with E-state index in [1.54, 1.807) is 18.2 Å². The predicted octanol–water partition coefficient (Wildman–Crippen LogP) is 2.99. The number of amides is 2. The third-order valence-electron chi connectivity index (χ3n) is 3.64. The maximum Gasteiger partial charge on any atom is 0.315 e. The zero-order chi connectivity index (χ0) is 18.5. The van der Waals surface area contributed by atoms with Gasteiger partial charge in [0.2, 0.25) is 0 Å². The Balaban J connectivity index is 1.88. The van der Waals surface area contributed by atoms with E-state index in [9.17, 15) is 9.59 Å². The van der Waals surface area contributed by atoms with Crippen LogP contribution in [0.2, 0.25) is 0 Å². The molecule has 0 bridgehead atoms. The summed E-state index contributed by atoms with van der Waals surface area (Å²) in [7, 11) is 0. The lowest BCUT2D eigenvalue weighted by molar-refractivity contribution is 0.0952. The number of nitrogens with one attached hydrogen (secondary N) is 1. The van der Waals surface area contributed by atoms with Crippen LogP contribution in [-0.4, -0.2) is 22.9 Å². The van der Waals surface area contributed by atoms with Crippen LogP contribution in [0.1, 0.15) is 38.3 Å². The summed E-state index contributed by atoms with van der Waals surface area (Å²) in [5, 5.41) is 2.79. The van der Waals surface area contributed by atoms with Crippen LogP contribution in [-0.2, 0) is 6.54 Å². The first kappa shape index (κ1) is 17.9. The van der Waals surface area contributed by atoms with Crippen molar-refractivity contribution in [3.05, 3.63) is 75.4 Å². The Morgan fingerprint density at radius 3 is 2.85 bits per heavy atom. The molecule has 0 saturated carbocycles. The first-order valence-corrected chi connectivity index (χ1v) is 9.05. The first-order valence-electron chi connectivity index (χ1n) is 8.23. The molecular formula is C19H19N3O3S. The van der Waals surface area contributed by atoms with Crippen LogP contribution in [0.4, 0.5) is 0 Å². The molecule has 0 unspecified atom stereocenters. The smallest absolute Gasteiger partial charge is 0.315 e. The number of thiazole rings is 1. The highest BCUT2D eigenvalue weighted by Crippen LogP contribution is 2.10. The van der Waals surface area contributed by atoms with Gasteiger partial charge in [-0.2, -0.15) is 4.99 Å². The van der Waals surface area contributed by atoms with E-state index < -0.39 is 5.91 Å². The van der Waals surface area contributed by atoms with Crippen LogP contribution in [0.5, 0.6) is 0 Å². The molecule has 2 heterocycles. The molecule has 0 aliphatic carbocycles. The van der Waals surface area contributed by atoms with E-state index in [2.05, 4.69) is 10.3 Å². The van der Waals surface area contributed by atoms with Crippen LogP contribution in [0, 0.1) is 6.92 Å². The molecule has 7 heteroatoms. The van der Waals surface area contributed by atoms with Gasteiger partial charge in [0, 0.05) is 29.7 Å². The second-order valence-corrected chi connectivity index (χ2v) is 6.92. The van der Waals surface area contributed by atoms with Crippen molar-refractivity contribution >= 4 is 23.2 Å². The zero-order valence-electron chi connectivity index (χ0n) is 14.6. The molecule has 3 aromatic rings. The zero-order valence-corrected chi connectivity index (χ0v) is 15.4. The molecule has 26 heavy (non-hydrogen) atoms. The van der Waals surface area contributed by atoms with Gasteiger partial charge in [0.1, 0.15) is 0 Å². The average Bonchev–Trinajstić information content (AvgIpc) is 3.26. The van der Waals surface area contributed by atoms with E-state index in [4.69, 9.17) is 4.42 Å². The lowest BCUT2D eigenvalue weighted by Crippen LogP contribution is -2.23. The summed E-state index contributed by atoms with van der Waals surface area (Å²) >= 11 is 1.43. The third-order valence-corrected chi connectivity index (χ3v) is 4.58. The van der Waals surface area contributed by atoms with Crippen molar-refractivity contribution in [1.29, 1.82) is 0 Å². The van der Waals surface area contributed by atoms with Gasteiger partial charge < -0.3 is 14.3 Å². The minimum atomic E-state index is -0.415. The van der Waals surface area contributed by atoms with Gasteiger partial charge in [0.25, 0.3) is 5.91 Å². The van der Waals surface area contributed by atoms with Gasteiger partial charge in [0.15, 0.2) is 10.6 Å². The fraction of sp³-hybridized carbons (Fsp3) is 0.211. The second-order valence-electron chi connectivity index (χ2n) is 5.71. The minimum Gasteiger partial charge on any atom is -0.459 e. The van der Waals surface area contributed by atoms with Crippen molar-refractivity contribution < 1.29 is 14.0 Å². The fourth-order valence-corrected chi connectivity index (χ4v) is 3.35. The molecule has 1 aromatic carbocycles. The number of hydrogen-bond donors (Lipinski definition) is 1. The molecule has 2 amide bonds. The van der Waals surface area contributed by atoms with Crippen molar-refractivity contribution in [3.63, 3.8) is 0 Å². The number of benzene rings is 1. The van der Waals surface area contributed by atoms with Gasteiger partial charge in [-0.3, -0.25) is 9.59 Å². The molecule has 2 aromatic heterocycles. The maximum atomic E-state index is 12.2. The van der Waals surface area contributed by atoms with Crippen molar-refractivity contribution in [2.24, 2.45) is 4.99 Å². The SMILES string of the molecule is CCNC(=O)c1cccc(Cn2cc(C)sc2=NC(=O)c2ccco2)c1. The Morgan fingerprint density at radius 1 is 1.27 bits per heavy atom. The van der Waals surface area contributed by atoms with E-state index in [-0.39, 0.29) is 11.7 Å². The number of carbonyl (C=O) groups excluding carboxylic acids is 2. The Morgan fingerprint density at radius 2 is 2.12 bits per heavy atom. The van der Waals surface area contributed by atoms with Crippen LogP contribution in [0.3, 0.4) is 0 Å². The van der Waals surface area contributed by atoms with Gasteiger partial charge in [0.05, 0.1) is 6.26 Å². The molecule has 1 N–H and O–H groups in total. The summed E-state index contributed by atoms with van der Waals surface area (Å²) in [4.78, 5) is 30.0. The largest absolute Gasteiger partial charge is 0.459 e. The van der Waals surface area contributed by atoms with E-state index in [1.807, 2.05) is 42.8 Å². The molecule has 6 nitrogen and oxygen atoms in total. The van der Waals surface area contributed by atoms with Crippen LogP contribution >= 0.6 is 11.3 Å². The van der Waals surface area contributed by atoms with Gasteiger partial charge in [-0.1, -0.05) is 12.1 Å². The maximum absolute atomic E-state index is 12.2. The molecule has 0 atom stereocenters. The van der Waals surface area contributed by atoms with Gasteiger partial charge in [-0.05, 0) is 43.7 Å². The van der Waals surface area contributed by atoms with Crippen molar-refractivity contribution in [2.45, 2.75) is 20.4 Å². The third kappa shape index (κ3) is 4.18. The molecule has 0 aliphatic rings. The molecule has 0 aliphatic heterocycles. The van der Waals surface area contributed by atoms with Crippen molar-refractivity contribution in [1.82, 2.24) is 9.88 Å². The molecule has 0 saturated heterocycles. The number of aromatic nitrogens is 1. The van der Waals surface area contributed by atoms with E-state index in [1.165, 1.54) is 17.6 Å². The highest BCUT2D eigenvalue weighted by molar-refractivity contribution is 7.09. The fourth-order valence-electron chi connectivity index (χ4n) is 2.52. The summed E-state index contributed by atoms with van der Waals surface area (Å²) in [5.41, 5.74) is 1.57. The van der Waals surface area contributed by atoms with E-state index in [0.717, 1.165) is 10.4 Å². The Labute approximate surface area is 154 Å². The standard InChI is InChI=1S/C19H19N3O3S/c1-3-20-17(23)15-7-4-6-14(10-15)12-22-11-13(2)26-19(22)21-18(24)16-8-5-9-25-16/h4-11H,3,12H2,1-2H3,(H,20,23). The molecule has 0 fully saturated rings. The molecule has 134 valence electrons. The Bertz CT molecular complexity index is 984. The number of rotatable bonds is 5. The average molecular weight is 369 g/mol. The Hall–Kier alpha value is -2.93. The van der Waals surface area contributed by atoms with Gasteiger partial charge in [-0.25, -0.2) is 0 Å². The van der Waals surface area contributed by atoms with E-state index in [0.29, 0.717) is 23.5 Å². The monoisotopic (exact) mass is 369 g/mol. The van der Waals surface area contributed by atoms with Crippen molar-refractivity contribution in [2.75, 3.05) is 6.54 Å². The quantitative estimate of drug-likeness (QED) is 0.751. The lowest BCUT2D eigenvalue weighted by Gasteiger charge is -2.06. The highest BCUT2D eigenvalue weighted by Gasteiger charge is 2.10. The van der Waals surface area contributed by atoms with Crippen LogP contribution in [0.15, 0.2) is 58.3 Å². The number of aryl methyl sites for hydroxylation is 1. The van der Waals surface area contributed by atoms with Gasteiger partial charge >= 0.3 is 5.91 Å². The van der Waals surface area contributed by atoms with Gasteiger partial charge in [-0.15, -0.1) is 11.3 Å². The van der Waals surface area contributed by atoms with Crippen LogP contribution in [0.25, 0.3) is 0 Å². The minimum absolute atomic E-state index is 0.0984. The van der Waals surface area contributed by atoms with E-state index >= 15 is 0 Å². The summed E-state index contributed by atoms with van der Waals surface area (Å²) in [6.07, 6.45) is 3.39. The topological polar surface area (TPSA) is 76.6 Å². The predicted molar refractivity (Wildman–Crippen MR) is 99.2 cm³/mol. The molecule has 0 radical (unpaired) electrons. The molecule has 0 spiro atoms. The summed E-state index contributed by atoms with van der Waals surface area (Å²) in [6.45, 7) is 4.94. The first-order chi connectivity index (χ1) is 12.6. The molecular weight excluding hydrogens is 350 g/mol. The summed E-state index contributed by atoms with van der Waals surface area (Å²) in [5.74, 6) is -0.304.